The summed E-state index contributed by atoms with van der Waals surface area (Å²) in [7, 11) is 1.61. The summed E-state index contributed by atoms with van der Waals surface area (Å²) < 4.78 is 7.00. The average Bonchev–Trinajstić information content (AvgIpc) is 2.97. The lowest BCUT2D eigenvalue weighted by atomic mass is 10.2. The minimum absolute atomic E-state index is 0.209. The first-order chi connectivity index (χ1) is 14.0. The highest BCUT2D eigenvalue weighted by Crippen LogP contribution is 2.33. The molecular weight excluding hydrogens is 408 g/mol. The molecule has 1 aliphatic rings. The molecule has 152 valence electrons. The van der Waals surface area contributed by atoms with E-state index in [0.717, 1.165) is 5.56 Å². The standard InChI is InChI=1S/C20H22N4O3S2/c1-4-8-21-16-14(18(25)23-9-5-7-13(2)17(23)22-16)12-15-19(26)24(20(28)29-15)10-6-11-27-3/h4-5,7,9,12,21H,1,6,8,10-11H2,2-3H3/b15-12-. The van der Waals surface area contributed by atoms with E-state index in [4.69, 9.17) is 17.0 Å². The third-order valence-corrected chi connectivity index (χ3v) is 5.76. The molecule has 7 nitrogen and oxygen atoms in total. The molecule has 2 aromatic heterocycles. The van der Waals surface area contributed by atoms with Crippen LogP contribution < -0.4 is 10.9 Å². The molecule has 0 unspecified atom stereocenters. The van der Waals surface area contributed by atoms with E-state index < -0.39 is 0 Å². The fourth-order valence-electron chi connectivity index (χ4n) is 2.94. The number of carbonyl (C=O) groups excluding carboxylic acids is 1. The van der Waals surface area contributed by atoms with Crippen LogP contribution in [0, 0.1) is 6.92 Å². The van der Waals surface area contributed by atoms with Crippen LogP contribution in [0.3, 0.4) is 0 Å². The van der Waals surface area contributed by atoms with E-state index in [9.17, 15) is 9.59 Å². The normalized spacial score (nSPS) is 15.5. The zero-order valence-corrected chi connectivity index (χ0v) is 17.9. The second kappa shape index (κ2) is 9.34. The molecule has 9 heteroatoms. The Balaban J connectivity index is 2.05. The number of thiocarbonyl (C=S) groups is 1. The van der Waals surface area contributed by atoms with E-state index in [1.165, 1.54) is 21.1 Å². The minimum atomic E-state index is -0.255. The van der Waals surface area contributed by atoms with Gasteiger partial charge in [-0.15, -0.1) is 6.58 Å². The summed E-state index contributed by atoms with van der Waals surface area (Å²) in [6.45, 7) is 7.05. The van der Waals surface area contributed by atoms with Crippen LogP contribution in [0.1, 0.15) is 17.5 Å². The van der Waals surface area contributed by atoms with Gasteiger partial charge in [0.15, 0.2) is 0 Å². The minimum Gasteiger partial charge on any atom is -0.385 e. The van der Waals surface area contributed by atoms with Gasteiger partial charge in [0.1, 0.15) is 15.8 Å². The molecule has 3 heterocycles. The number of pyridine rings is 1. The number of aryl methyl sites for hydroxylation is 1. The first-order valence-electron chi connectivity index (χ1n) is 9.09. The highest BCUT2D eigenvalue weighted by atomic mass is 32.2. The first-order valence-corrected chi connectivity index (χ1v) is 10.3. The lowest BCUT2D eigenvalue weighted by molar-refractivity contribution is -0.122. The Morgan fingerprint density at radius 1 is 1.41 bits per heavy atom. The van der Waals surface area contributed by atoms with Crippen molar-refractivity contribution in [2.24, 2.45) is 0 Å². The van der Waals surface area contributed by atoms with Crippen molar-refractivity contribution < 1.29 is 9.53 Å². The van der Waals surface area contributed by atoms with Gasteiger partial charge in [0.2, 0.25) is 0 Å². The molecule has 0 atom stereocenters. The van der Waals surface area contributed by atoms with Crippen molar-refractivity contribution in [3.05, 3.63) is 57.4 Å². The molecule has 0 saturated carbocycles. The SMILES string of the molecule is C=CCNc1nc2c(C)cccn2c(=O)c1/C=C1\SC(=S)N(CCCOC)C1=O. The Kier molecular flexibility index (Phi) is 6.83. The predicted molar refractivity (Wildman–Crippen MR) is 121 cm³/mol. The highest BCUT2D eigenvalue weighted by Gasteiger charge is 2.32. The number of amides is 1. The zero-order valence-electron chi connectivity index (χ0n) is 16.3. The van der Waals surface area contributed by atoms with E-state index in [1.807, 2.05) is 13.0 Å². The summed E-state index contributed by atoms with van der Waals surface area (Å²) in [4.78, 5) is 32.5. The van der Waals surface area contributed by atoms with Gasteiger partial charge in [-0.3, -0.25) is 18.9 Å². The van der Waals surface area contributed by atoms with E-state index in [-0.39, 0.29) is 11.5 Å². The van der Waals surface area contributed by atoms with Crippen molar-refractivity contribution in [3.63, 3.8) is 0 Å². The molecule has 0 radical (unpaired) electrons. The van der Waals surface area contributed by atoms with Crippen LogP contribution >= 0.6 is 24.0 Å². The maximum absolute atomic E-state index is 13.2. The summed E-state index contributed by atoms with van der Waals surface area (Å²) in [6.07, 6.45) is 5.61. The number of thioether (sulfide) groups is 1. The fourth-order valence-corrected chi connectivity index (χ4v) is 4.23. The van der Waals surface area contributed by atoms with Gasteiger partial charge in [-0.25, -0.2) is 4.98 Å². The summed E-state index contributed by atoms with van der Waals surface area (Å²) in [5, 5.41) is 3.11. The second-order valence-corrected chi connectivity index (χ2v) is 8.09. The summed E-state index contributed by atoms with van der Waals surface area (Å²) in [6, 6.07) is 3.69. The van der Waals surface area contributed by atoms with Crippen molar-refractivity contribution in [2.75, 3.05) is 32.1 Å². The van der Waals surface area contributed by atoms with Gasteiger partial charge in [0.25, 0.3) is 11.5 Å². The molecule has 0 spiro atoms. The van der Waals surface area contributed by atoms with Crippen molar-refractivity contribution >= 4 is 51.7 Å². The third kappa shape index (κ3) is 4.42. The monoisotopic (exact) mass is 430 g/mol. The van der Waals surface area contributed by atoms with Crippen LogP contribution in [-0.4, -0.2) is 51.3 Å². The lowest BCUT2D eigenvalue weighted by Crippen LogP contribution is -2.29. The van der Waals surface area contributed by atoms with Crippen molar-refractivity contribution in [2.45, 2.75) is 13.3 Å². The Morgan fingerprint density at radius 2 is 2.21 bits per heavy atom. The van der Waals surface area contributed by atoms with Gasteiger partial charge in [-0.05, 0) is 31.1 Å². The Bertz CT molecular complexity index is 1060. The fraction of sp³-hybridized carbons (Fsp3) is 0.300. The predicted octanol–water partition coefficient (Wildman–Crippen LogP) is 2.84. The van der Waals surface area contributed by atoms with Gasteiger partial charge in [-0.1, -0.05) is 36.1 Å². The molecule has 1 amide bonds. The Hall–Kier alpha value is -2.49. The molecule has 0 aromatic carbocycles. The van der Waals surface area contributed by atoms with Gasteiger partial charge in [-0.2, -0.15) is 0 Å². The van der Waals surface area contributed by atoms with Crippen LogP contribution in [-0.2, 0) is 9.53 Å². The first kappa shape index (κ1) is 21.2. The zero-order chi connectivity index (χ0) is 21.0. The van der Waals surface area contributed by atoms with Gasteiger partial charge in [0.05, 0.1) is 10.5 Å². The number of nitrogens with one attached hydrogen (secondary N) is 1. The molecular formula is C20H22N4O3S2. The van der Waals surface area contributed by atoms with Crippen LogP contribution in [0.25, 0.3) is 11.7 Å². The van der Waals surface area contributed by atoms with Crippen LogP contribution in [0.15, 0.2) is 40.7 Å². The molecule has 2 aromatic rings. The van der Waals surface area contributed by atoms with Crippen LogP contribution in [0.2, 0.25) is 0 Å². The van der Waals surface area contributed by atoms with E-state index in [1.54, 1.807) is 31.5 Å². The Morgan fingerprint density at radius 3 is 2.93 bits per heavy atom. The van der Waals surface area contributed by atoms with Crippen LogP contribution in [0.4, 0.5) is 5.82 Å². The number of ether oxygens (including phenoxy) is 1. The smallest absolute Gasteiger partial charge is 0.267 e. The number of rotatable bonds is 8. The van der Waals surface area contributed by atoms with E-state index in [0.29, 0.717) is 52.4 Å². The lowest BCUT2D eigenvalue weighted by Gasteiger charge is -2.13. The Labute approximate surface area is 178 Å². The van der Waals surface area contributed by atoms with E-state index in [2.05, 4.69) is 16.9 Å². The summed E-state index contributed by atoms with van der Waals surface area (Å²) in [5.74, 6) is 0.202. The summed E-state index contributed by atoms with van der Waals surface area (Å²) >= 11 is 6.54. The van der Waals surface area contributed by atoms with Crippen molar-refractivity contribution in [1.82, 2.24) is 14.3 Å². The number of aromatic nitrogens is 2. The quantitative estimate of drug-likeness (QED) is 0.299. The van der Waals surface area contributed by atoms with E-state index >= 15 is 0 Å². The maximum Gasteiger partial charge on any atom is 0.267 e. The number of anilines is 1. The van der Waals surface area contributed by atoms with Crippen molar-refractivity contribution in [1.29, 1.82) is 0 Å². The number of hydrogen-bond donors (Lipinski definition) is 1. The molecule has 1 N–H and O–H groups in total. The van der Waals surface area contributed by atoms with Gasteiger partial charge >= 0.3 is 0 Å². The molecule has 0 aliphatic carbocycles. The van der Waals surface area contributed by atoms with Gasteiger partial charge < -0.3 is 10.1 Å². The average molecular weight is 431 g/mol. The molecule has 0 bridgehead atoms. The topological polar surface area (TPSA) is 75.9 Å². The molecule has 1 fully saturated rings. The number of fused-ring (bicyclic) bond motifs is 1. The third-order valence-electron chi connectivity index (χ3n) is 4.38. The van der Waals surface area contributed by atoms with Gasteiger partial charge in [0, 0.05) is 33.0 Å². The van der Waals surface area contributed by atoms with Crippen LogP contribution in [0.5, 0.6) is 0 Å². The molecule has 3 rings (SSSR count). The highest BCUT2D eigenvalue weighted by molar-refractivity contribution is 8.26. The molecule has 1 aliphatic heterocycles. The van der Waals surface area contributed by atoms with Crippen molar-refractivity contribution in [3.8, 4) is 0 Å². The number of methoxy groups -OCH3 is 1. The second-order valence-electron chi connectivity index (χ2n) is 6.41. The molecule has 29 heavy (non-hydrogen) atoms. The molecule has 1 saturated heterocycles. The number of nitrogens with zero attached hydrogens (tertiary/aromatic N) is 3. The maximum atomic E-state index is 13.2. The largest absolute Gasteiger partial charge is 0.385 e. The summed E-state index contributed by atoms with van der Waals surface area (Å²) in [5.41, 5.74) is 1.50. The number of carbonyl (C=O) groups is 1. The number of hydrogen-bond acceptors (Lipinski definition) is 7.